The molecule has 0 aliphatic heterocycles. The zero-order valence-corrected chi connectivity index (χ0v) is 20.2. The van der Waals surface area contributed by atoms with Gasteiger partial charge in [0, 0.05) is 6.42 Å². The van der Waals surface area contributed by atoms with Crippen molar-refractivity contribution in [3.8, 4) is 0 Å². The van der Waals surface area contributed by atoms with Crippen LogP contribution in [0.4, 0.5) is 65.9 Å². The van der Waals surface area contributed by atoms with E-state index in [0.29, 0.717) is 5.56 Å². The Morgan fingerprint density at radius 3 is 1.46 bits per heavy atom. The van der Waals surface area contributed by atoms with Gasteiger partial charge >= 0.3 is 41.7 Å². The van der Waals surface area contributed by atoms with Gasteiger partial charge in [-0.05, 0) is 31.9 Å². The fourth-order valence-corrected chi connectivity index (χ4v) is 3.84. The van der Waals surface area contributed by atoms with E-state index in [-0.39, 0.29) is 17.7 Å². The average molecular weight is 624 g/mol. The average Bonchev–Trinajstić information content (AvgIpc) is 2.77. The highest BCUT2D eigenvalue weighted by Gasteiger charge is 2.93. The van der Waals surface area contributed by atoms with E-state index < -0.39 is 77.7 Å². The third kappa shape index (κ3) is 6.53. The molecule has 0 unspecified atom stereocenters. The van der Waals surface area contributed by atoms with Crippen LogP contribution in [0.15, 0.2) is 29.2 Å². The maximum atomic E-state index is 13.8. The summed E-state index contributed by atoms with van der Waals surface area (Å²) in [4.78, 5) is -0.244. The molecule has 0 amide bonds. The van der Waals surface area contributed by atoms with Crippen molar-refractivity contribution in [2.45, 2.75) is 85.6 Å². The zero-order chi connectivity index (χ0) is 30.9. The second kappa shape index (κ2) is 11.2. The summed E-state index contributed by atoms with van der Waals surface area (Å²) < 4.78 is 226. The van der Waals surface area contributed by atoms with Gasteiger partial charge in [-0.3, -0.25) is 4.18 Å². The molecule has 0 radical (unpaired) electrons. The number of halogens is 15. The van der Waals surface area contributed by atoms with Crippen LogP contribution in [0.1, 0.15) is 37.7 Å². The Morgan fingerprint density at radius 1 is 0.590 bits per heavy atom. The smallest absolute Gasteiger partial charge is 0.266 e. The monoisotopic (exact) mass is 624 g/mol. The maximum absolute atomic E-state index is 13.8. The van der Waals surface area contributed by atoms with Gasteiger partial charge in [0.2, 0.25) is 0 Å². The predicted octanol–water partition coefficient (Wildman–Crippen LogP) is 8.02. The quantitative estimate of drug-likeness (QED) is 0.120. The number of alkyl halides is 15. The molecule has 0 fully saturated rings. The van der Waals surface area contributed by atoms with Gasteiger partial charge in [-0.25, -0.2) is 0 Å². The predicted molar refractivity (Wildman–Crippen MR) is 103 cm³/mol. The van der Waals surface area contributed by atoms with E-state index in [0.717, 1.165) is 0 Å². The minimum Gasteiger partial charge on any atom is -0.266 e. The van der Waals surface area contributed by atoms with Crippen molar-refractivity contribution in [2.24, 2.45) is 0 Å². The lowest BCUT2D eigenvalue weighted by molar-refractivity contribution is -0.452. The first-order valence-corrected chi connectivity index (χ1v) is 11.9. The molecule has 0 aromatic heterocycles. The summed E-state index contributed by atoms with van der Waals surface area (Å²) in [6.45, 7) is 1.10. The largest absolute Gasteiger partial charge is 0.460 e. The third-order valence-corrected chi connectivity index (χ3v) is 6.65. The summed E-state index contributed by atoms with van der Waals surface area (Å²) in [6.07, 6.45) is -12.3. The van der Waals surface area contributed by atoms with Crippen molar-refractivity contribution in [1.82, 2.24) is 0 Å². The van der Waals surface area contributed by atoms with Gasteiger partial charge in [0.15, 0.2) is 0 Å². The van der Waals surface area contributed by atoms with E-state index in [1.165, 1.54) is 24.3 Å². The lowest BCUT2D eigenvalue weighted by Crippen LogP contribution is -2.72. The molecule has 39 heavy (non-hydrogen) atoms. The first kappa shape index (κ1) is 35.1. The highest BCUT2D eigenvalue weighted by atomic mass is 32.2. The zero-order valence-electron chi connectivity index (χ0n) is 19.4. The number of hydrogen-bond donors (Lipinski definition) is 0. The van der Waals surface area contributed by atoms with Crippen LogP contribution in [0.2, 0.25) is 0 Å². The molecule has 0 heterocycles. The van der Waals surface area contributed by atoms with Crippen LogP contribution in [0, 0.1) is 6.92 Å². The Kier molecular flexibility index (Phi) is 10.0. The fourth-order valence-electron chi connectivity index (χ4n) is 2.90. The molecule has 0 aliphatic carbocycles. The molecule has 3 nitrogen and oxygen atoms in total. The van der Waals surface area contributed by atoms with E-state index in [2.05, 4.69) is 4.18 Å². The first-order valence-electron chi connectivity index (χ1n) is 10.5. The molecule has 0 aliphatic rings. The molecule has 1 aromatic rings. The topological polar surface area (TPSA) is 43.4 Å². The third-order valence-electron chi connectivity index (χ3n) is 5.33. The summed E-state index contributed by atoms with van der Waals surface area (Å²) in [6, 6.07) is 5.28. The minimum atomic E-state index is -8.30. The molecule has 0 N–H and O–H groups in total. The molecule has 0 atom stereocenters. The van der Waals surface area contributed by atoms with Gasteiger partial charge in [0.25, 0.3) is 10.1 Å². The van der Waals surface area contributed by atoms with Gasteiger partial charge < -0.3 is 0 Å². The van der Waals surface area contributed by atoms with E-state index in [1.54, 1.807) is 6.92 Å². The Bertz CT molecular complexity index is 1060. The molecule has 0 saturated carbocycles. The van der Waals surface area contributed by atoms with Crippen LogP contribution < -0.4 is 0 Å². The summed E-state index contributed by atoms with van der Waals surface area (Å²) in [5, 5.41) is 0. The molecular formula is C20H19F15O3S. The van der Waals surface area contributed by atoms with Crippen LogP contribution >= 0.6 is 0 Å². The highest BCUT2D eigenvalue weighted by Crippen LogP contribution is 2.62. The van der Waals surface area contributed by atoms with E-state index in [1.807, 2.05) is 0 Å². The van der Waals surface area contributed by atoms with Gasteiger partial charge in [-0.1, -0.05) is 30.5 Å². The molecule has 0 spiro atoms. The number of benzene rings is 1. The number of rotatable bonds is 14. The second-order valence-electron chi connectivity index (χ2n) is 8.33. The van der Waals surface area contributed by atoms with Crippen LogP contribution in [-0.2, 0) is 14.3 Å². The number of hydrogen-bond acceptors (Lipinski definition) is 3. The van der Waals surface area contributed by atoms with Crippen LogP contribution in [0.25, 0.3) is 0 Å². The minimum absolute atomic E-state index is 0.236. The molecule has 0 bridgehead atoms. The van der Waals surface area contributed by atoms with Crippen molar-refractivity contribution < 1.29 is 78.5 Å². The van der Waals surface area contributed by atoms with Crippen molar-refractivity contribution in [2.75, 3.05) is 6.61 Å². The molecule has 1 rings (SSSR count). The van der Waals surface area contributed by atoms with Crippen molar-refractivity contribution >= 4 is 10.1 Å². The van der Waals surface area contributed by atoms with Crippen LogP contribution in [0.5, 0.6) is 0 Å². The number of unbranched alkanes of at least 4 members (excludes halogenated alkanes) is 3. The molecular weight excluding hydrogens is 605 g/mol. The van der Waals surface area contributed by atoms with E-state index in [9.17, 15) is 74.3 Å². The summed E-state index contributed by atoms with van der Waals surface area (Å²) >= 11 is 0. The Morgan fingerprint density at radius 2 is 1.00 bits per heavy atom. The molecule has 1 aromatic carbocycles. The normalized spacial score (nSPS) is 15.1. The maximum Gasteiger partial charge on any atom is 0.460 e. The van der Waals surface area contributed by atoms with Gasteiger partial charge in [-0.2, -0.15) is 74.3 Å². The highest BCUT2D eigenvalue weighted by molar-refractivity contribution is 7.86. The van der Waals surface area contributed by atoms with Crippen LogP contribution in [-0.4, -0.2) is 56.7 Å². The second-order valence-corrected chi connectivity index (χ2v) is 9.94. The van der Waals surface area contributed by atoms with Gasteiger partial charge in [0.05, 0.1) is 11.5 Å². The fraction of sp³-hybridized carbons (Fsp3) is 0.700. The van der Waals surface area contributed by atoms with Crippen molar-refractivity contribution in [1.29, 1.82) is 0 Å². The van der Waals surface area contributed by atoms with Gasteiger partial charge in [0.1, 0.15) is 0 Å². The number of aryl methyl sites for hydroxylation is 1. The van der Waals surface area contributed by atoms with Crippen LogP contribution in [0.3, 0.4) is 0 Å². The van der Waals surface area contributed by atoms with Crippen molar-refractivity contribution in [3.63, 3.8) is 0 Å². The van der Waals surface area contributed by atoms with E-state index in [4.69, 9.17) is 0 Å². The first-order chi connectivity index (χ1) is 17.2. The molecule has 19 heteroatoms. The SMILES string of the molecule is Cc1ccc(S(=O)(=O)OCCCCCCC(F)(F)C(F)(F)C(F)(F)C(F)(F)C(F)(F)C(F)(F)C(F)(F)F)cc1. The van der Waals surface area contributed by atoms with E-state index >= 15 is 0 Å². The standard InChI is InChI=1S/C20H19F15O3S/c1-12-6-8-13(9-7-12)39(36,37)38-11-5-3-2-4-10-14(21,22)15(23,24)16(25,26)17(27,28)18(29,30)19(31,32)20(33,34)35/h6-9H,2-5,10-11H2,1H3. The molecule has 228 valence electrons. The Hall–Kier alpha value is -1.92. The van der Waals surface area contributed by atoms with Gasteiger partial charge in [-0.15, -0.1) is 0 Å². The summed E-state index contributed by atoms with van der Waals surface area (Å²) in [7, 11) is -4.23. The molecule has 0 saturated heterocycles. The Balaban J connectivity index is 2.82. The lowest BCUT2D eigenvalue weighted by Gasteiger charge is -2.41. The lowest BCUT2D eigenvalue weighted by atomic mass is 9.89. The summed E-state index contributed by atoms with van der Waals surface area (Å²) in [5.74, 6) is -46.5. The van der Waals surface area contributed by atoms with Crippen molar-refractivity contribution in [3.05, 3.63) is 29.8 Å². The summed E-state index contributed by atoms with van der Waals surface area (Å²) in [5.41, 5.74) is 0.714. The Labute approximate surface area is 211 Å².